The van der Waals surface area contributed by atoms with Crippen molar-refractivity contribution in [2.45, 2.75) is 13.8 Å². The Kier molecular flexibility index (Phi) is 4.03. The number of nitrogens with zero attached hydrogens (tertiary/aromatic N) is 1. The van der Waals surface area contributed by atoms with Crippen LogP contribution in [0.25, 0.3) is 10.8 Å². The number of rotatable bonds is 4. The lowest BCUT2D eigenvalue weighted by atomic mass is 10.1. The van der Waals surface area contributed by atoms with Crippen molar-refractivity contribution in [2.75, 3.05) is 13.1 Å². The van der Waals surface area contributed by atoms with Crippen LogP contribution in [0.2, 0.25) is 0 Å². The van der Waals surface area contributed by atoms with E-state index in [1.165, 1.54) is 0 Å². The fourth-order valence-electron chi connectivity index (χ4n) is 2.15. The minimum absolute atomic E-state index is 0.182. The molecule has 0 fully saturated rings. The van der Waals surface area contributed by atoms with Crippen LogP contribution in [0.4, 0.5) is 0 Å². The molecule has 1 aromatic heterocycles. The Morgan fingerprint density at radius 1 is 1.35 bits per heavy atom. The summed E-state index contributed by atoms with van der Waals surface area (Å²) in [5, 5.41) is 1.36. The van der Waals surface area contributed by atoms with Gasteiger partial charge in [0.1, 0.15) is 5.69 Å². The highest BCUT2D eigenvalue weighted by Gasteiger charge is 2.16. The Morgan fingerprint density at radius 2 is 2.05 bits per heavy atom. The highest BCUT2D eigenvalue weighted by atomic mass is 16.2. The topological polar surface area (TPSA) is 53.2 Å². The molecule has 1 N–H and O–H groups in total. The molecule has 1 aromatic carbocycles. The quantitative estimate of drug-likeness (QED) is 0.868. The molecule has 2 rings (SSSR count). The summed E-state index contributed by atoms with van der Waals surface area (Å²) in [4.78, 5) is 28.7. The highest BCUT2D eigenvalue weighted by Crippen LogP contribution is 2.11. The molecule has 1 heterocycles. The molecule has 2 aromatic rings. The van der Waals surface area contributed by atoms with Crippen molar-refractivity contribution in [2.24, 2.45) is 0 Å². The Morgan fingerprint density at radius 3 is 2.70 bits per heavy atom. The minimum atomic E-state index is -0.238. The molecule has 0 aliphatic heterocycles. The first-order chi connectivity index (χ1) is 9.52. The van der Waals surface area contributed by atoms with E-state index in [2.05, 4.69) is 11.6 Å². The smallest absolute Gasteiger partial charge is 0.270 e. The first-order valence-corrected chi connectivity index (χ1v) is 6.58. The summed E-state index contributed by atoms with van der Waals surface area (Å²) in [5.41, 5.74) is 0.984. The van der Waals surface area contributed by atoms with E-state index in [-0.39, 0.29) is 11.5 Å². The van der Waals surface area contributed by atoms with Crippen molar-refractivity contribution < 1.29 is 4.79 Å². The highest BCUT2D eigenvalue weighted by molar-refractivity contribution is 5.96. The largest absolute Gasteiger partial charge is 0.334 e. The average molecular weight is 270 g/mol. The maximum atomic E-state index is 12.4. The molecule has 0 saturated heterocycles. The van der Waals surface area contributed by atoms with Crippen LogP contribution in [0.1, 0.15) is 24.3 Å². The van der Waals surface area contributed by atoms with Gasteiger partial charge in [0.2, 0.25) is 0 Å². The predicted molar refractivity (Wildman–Crippen MR) is 81.0 cm³/mol. The van der Waals surface area contributed by atoms with Gasteiger partial charge < -0.3 is 9.88 Å². The number of likely N-dealkylation sites (N-methyl/N-ethyl adjacent to an activating group) is 1. The summed E-state index contributed by atoms with van der Waals surface area (Å²) in [6.45, 7) is 8.66. The van der Waals surface area contributed by atoms with Crippen molar-refractivity contribution >= 4 is 16.7 Å². The standard InChI is InChI=1S/C16H18N2O2/c1-4-18(10-11(2)3)16(20)14-9-12-7-5-6-8-13(12)15(19)17-14/h5-9H,2,4,10H2,1,3H3,(H,17,19). The second kappa shape index (κ2) is 5.74. The Bertz CT molecular complexity index is 716. The molecule has 4 nitrogen and oxygen atoms in total. The van der Waals surface area contributed by atoms with Crippen LogP contribution in [0, 0.1) is 0 Å². The van der Waals surface area contributed by atoms with E-state index < -0.39 is 0 Å². The second-order valence-corrected chi connectivity index (χ2v) is 4.88. The van der Waals surface area contributed by atoms with Gasteiger partial charge in [-0.1, -0.05) is 30.4 Å². The summed E-state index contributed by atoms with van der Waals surface area (Å²) in [6, 6.07) is 8.95. The van der Waals surface area contributed by atoms with E-state index in [1.54, 1.807) is 23.1 Å². The number of H-pyrrole nitrogens is 1. The van der Waals surface area contributed by atoms with E-state index >= 15 is 0 Å². The van der Waals surface area contributed by atoms with Gasteiger partial charge in [0.05, 0.1) is 0 Å². The van der Waals surface area contributed by atoms with Gasteiger partial charge in [-0.15, -0.1) is 0 Å². The monoisotopic (exact) mass is 270 g/mol. The van der Waals surface area contributed by atoms with Crippen LogP contribution in [0.3, 0.4) is 0 Å². The number of benzene rings is 1. The van der Waals surface area contributed by atoms with Gasteiger partial charge in [0, 0.05) is 18.5 Å². The fraction of sp³-hybridized carbons (Fsp3) is 0.250. The van der Waals surface area contributed by atoms with E-state index in [0.29, 0.717) is 24.2 Å². The summed E-state index contributed by atoms with van der Waals surface area (Å²) >= 11 is 0. The van der Waals surface area contributed by atoms with Gasteiger partial charge in [0.15, 0.2) is 0 Å². The molecule has 0 unspecified atom stereocenters. The summed E-state index contributed by atoms with van der Waals surface area (Å²) in [5.74, 6) is -0.182. The van der Waals surface area contributed by atoms with Crippen LogP contribution in [0.5, 0.6) is 0 Å². The van der Waals surface area contributed by atoms with Crippen LogP contribution < -0.4 is 5.56 Å². The van der Waals surface area contributed by atoms with E-state index in [4.69, 9.17) is 0 Å². The number of aromatic nitrogens is 1. The lowest BCUT2D eigenvalue weighted by Crippen LogP contribution is -2.33. The summed E-state index contributed by atoms with van der Waals surface area (Å²) in [6.07, 6.45) is 0. The fourth-order valence-corrected chi connectivity index (χ4v) is 2.15. The van der Waals surface area contributed by atoms with Gasteiger partial charge in [-0.25, -0.2) is 0 Å². The Hall–Kier alpha value is -2.36. The van der Waals surface area contributed by atoms with Gasteiger partial charge in [-0.05, 0) is 31.4 Å². The number of aromatic amines is 1. The third kappa shape index (κ3) is 2.79. The number of amides is 1. The SMILES string of the molecule is C=C(C)CN(CC)C(=O)c1cc2ccccc2c(=O)[nH]1. The number of pyridine rings is 1. The third-order valence-corrected chi connectivity index (χ3v) is 3.11. The van der Waals surface area contributed by atoms with E-state index in [9.17, 15) is 9.59 Å². The lowest BCUT2D eigenvalue weighted by Gasteiger charge is -2.20. The van der Waals surface area contributed by atoms with E-state index in [1.807, 2.05) is 26.0 Å². The van der Waals surface area contributed by atoms with Crippen LogP contribution in [-0.2, 0) is 0 Å². The zero-order chi connectivity index (χ0) is 14.7. The normalized spacial score (nSPS) is 10.5. The zero-order valence-electron chi connectivity index (χ0n) is 11.8. The lowest BCUT2D eigenvalue weighted by molar-refractivity contribution is 0.0772. The molecular weight excluding hydrogens is 252 g/mol. The van der Waals surface area contributed by atoms with Crippen molar-refractivity contribution in [1.29, 1.82) is 0 Å². The molecule has 4 heteroatoms. The number of hydrogen-bond acceptors (Lipinski definition) is 2. The van der Waals surface area contributed by atoms with Crippen LogP contribution >= 0.6 is 0 Å². The summed E-state index contributed by atoms with van der Waals surface area (Å²) in [7, 11) is 0. The average Bonchev–Trinajstić information content (AvgIpc) is 2.43. The molecule has 0 spiro atoms. The number of hydrogen-bond donors (Lipinski definition) is 1. The molecule has 0 aliphatic rings. The van der Waals surface area contributed by atoms with E-state index in [0.717, 1.165) is 11.0 Å². The molecule has 0 bridgehead atoms. The van der Waals surface area contributed by atoms with Gasteiger partial charge >= 0.3 is 0 Å². The summed E-state index contributed by atoms with van der Waals surface area (Å²) < 4.78 is 0. The molecule has 20 heavy (non-hydrogen) atoms. The maximum Gasteiger partial charge on any atom is 0.270 e. The maximum absolute atomic E-state index is 12.4. The molecule has 104 valence electrons. The minimum Gasteiger partial charge on any atom is -0.334 e. The molecule has 1 amide bonds. The molecule has 0 radical (unpaired) electrons. The van der Waals surface area contributed by atoms with Crippen molar-refractivity contribution in [3.8, 4) is 0 Å². The van der Waals surface area contributed by atoms with Gasteiger partial charge in [0.25, 0.3) is 11.5 Å². The Balaban J connectivity index is 2.44. The zero-order valence-corrected chi connectivity index (χ0v) is 11.8. The first-order valence-electron chi connectivity index (χ1n) is 6.58. The Labute approximate surface area is 117 Å². The molecule has 0 atom stereocenters. The molecular formula is C16H18N2O2. The van der Waals surface area contributed by atoms with Crippen molar-refractivity contribution in [3.63, 3.8) is 0 Å². The number of nitrogens with one attached hydrogen (secondary N) is 1. The van der Waals surface area contributed by atoms with Gasteiger partial charge in [-0.2, -0.15) is 0 Å². The molecule has 0 saturated carbocycles. The number of carbonyl (C=O) groups is 1. The number of fused-ring (bicyclic) bond motifs is 1. The molecule has 0 aliphatic carbocycles. The first kappa shape index (κ1) is 14.1. The van der Waals surface area contributed by atoms with Crippen molar-refractivity contribution in [3.05, 3.63) is 58.5 Å². The van der Waals surface area contributed by atoms with Gasteiger partial charge in [-0.3, -0.25) is 9.59 Å². The second-order valence-electron chi connectivity index (χ2n) is 4.88. The predicted octanol–water partition coefficient (Wildman–Crippen LogP) is 2.57. The van der Waals surface area contributed by atoms with Crippen LogP contribution in [0.15, 0.2) is 47.3 Å². The van der Waals surface area contributed by atoms with Crippen LogP contribution in [-0.4, -0.2) is 28.9 Å². The number of carbonyl (C=O) groups excluding carboxylic acids is 1. The van der Waals surface area contributed by atoms with Crippen molar-refractivity contribution in [1.82, 2.24) is 9.88 Å². The third-order valence-electron chi connectivity index (χ3n) is 3.11.